The number of piperidine rings is 1. The average molecular weight is 371 g/mol. The summed E-state index contributed by atoms with van der Waals surface area (Å²) in [5, 5.41) is 8.86. The normalized spacial score (nSPS) is 15.3. The fraction of sp³-hybridized carbons (Fsp3) is 0.550. The molecule has 1 amide bonds. The number of rotatable bonds is 7. The molecule has 1 saturated heterocycles. The molecule has 0 saturated carbocycles. The Kier molecular flexibility index (Phi) is 6.45. The van der Waals surface area contributed by atoms with Crippen LogP contribution in [0.25, 0.3) is 0 Å². The van der Waals surface area contributed by atoms with Gasteiger partial charge in [0.15, 0.2) is 6.61 Å². The van der Waals surface area contributed by atoms with Crippen molar-refractivity contribution in [1.82, 2.24) is 24.6 Å². The van der Waals surface area contributed by atoms with E-state index in [9.17, 15) is 4.79 Å². The fourth-order valence-corrected chi connectivity index (χ4v) is 3.54. The molecular weight excluding hydrogens is 342 g/mol. The SMILES string of the molecule is CCn1c(CN(C)C)nnc1C1CCN(C(=O)COc2ccccc2)CC1. The molecule has 0 unspecified atom stereocenters. The zero-order chi connectivity index (χ0) is 19.2. The quantitative estimate of drug-likeness (QED) is 0.746. The second-order valence-corrected chi connectivity index (χ2v) is 7.21. The fourth-order valence-electron chi connectivity index (χ4n) is 3.54. The highest BCUT2D eigenvalue weighted by Crippen LogP contribution is 2.27. The van der Waals surface area contributed by atoms with E-state index in [0.717, 1.165) is 56.4 Å². The van der Waals surface area contributed by atoms with Crippen molar-refractivity contribution < 1.29 is 9.53 Å². The molecule has 146 valence electrons. The van der Waals surface area contributed by atoms with Gasteiger partial charge in [0.05, 0.1) is 6.54 Å². The van der Waals surface area contributed by atoms with E-state index in [4.69, 9.17) is 4.74 Å². The third kappa shape index (κ3) is 4.86. The number of ether oxygens (including phenoxy) is 1. The third-order valence-corrected chi connectivity index (χ3v) is 4.95. The van der Waals surface area contributed by atoms with Crippen LogP contribution in [-0.4, -0.2) is 64.3 Å². The number of hydrogen-bond acceptors (Lipinski definition) is 5. The maximum absolute atomic E-state index is 12.4. The van der Waals surface area contributed by atoms with Gasteiger partial charge in [0.1, 0.15) is 17.4 Å². The maximum Gasteiger partial charge on any atom is 0.260 e. The van der Waals surface area contributed by atoms with Crippen molar-refractivity contribution in [3.63, 3.8) is 0 Å². The van der Waals surface area contributed by atoms with Gasteiger partial charge in [-0.05, 0) is 46.0 Å². The minimum absolute atomic E-state index is 0.0440. The van der Waals surface area contributed by atoms with Gasteiger partial charge in [-0.2, -0.15) is 0 Å². The van der Waals surface area contributed by atoms with E-state index >= 15 is 0 Å². The van der Waals surface area contributed by atoms with E-state index in [1.807, 2.05) is 49.3 Å². The first-order chi connectivity index (χ1) is 13.1. The molecule has 7 heteroatoms. The molecule has 27 heavy (non-hydrogen) atoms. The molecule has 2 heterocycles. The molecular formula is C20H29N5O2. The van der Waals surface area contributed by atoms with E-state index in [2.05, 4.69) is 26.6 Å². The Morgan fingerprint density at radius 1 is 1.19 bits per heavy atom. The Hall–Kier alpha value is -2.41. The second-order valence-electron chi connectivity index (χ2n) is 7.21. The number of aromatic nitrogens is 3. The lowest BCUT2D eigenvalue weighted by Crippen LogP contribution is -2.40. The van der Waals surface area contributed by atoms with Gasteiger partial charge in [-0.1, -0.05) is 18.2 Å². The van der Waals surface area contributed by atoms with Gasteiger partial charge in [-0.25, -0.2) is 0 Å². The lowest BCUT2D eigenvalue weighted by molar-refractivity contribution is -0.134. The minimum Gasteiger partial charge on any atom is -0.484 e. The summed E-state index contributed by atoms with van der Waals surface area (Å²) in [4.78, 5) is 16.4. The van der Waals surface area contributed by atoms with Crippen LogP contribution in [0.4, 0.5) is 0 Å². The van der Waals surface area contributed by atoms with Crippen LogP contribution in [0.15, 0.2) is 30.3 Å². The standard InChI is InChI=1S/C20H29N5O2/c1-4-25-18(14-23(2)3)21-22-20(25)16-10-12-24(13-11-16)19(26)15-27-17-8-6-5-7-9-17/h5-9,16H,4,10-15H2,1-3H3. The maximum atomic E-state index is 12.4. The summed E-state index contributed by atoms with van der Waals surface area (Å²) in [5.41, 5.74) is 0. The Labute approximate surface area is 160 Å². The highest BCUT2D eigenvalue weighted by atomic mass is 16.5. The van der Waals surface area contributed by atoms with Crippen molar-refractivity contribution in [3.8, 4) is 5.75 Å². The number of benzene rings is 1. The number of amides is 1. The highest BCUT2D eigenvalue weighted by Gasteiger charge is 2.28. The molecule has 0 bridgehead atoms. The van der Waals surface area contributed by atoms with Crippen molar-refractivity contribution in [3.05, 3.63) is 42.0 Å². The van der Waals surface area contributed by atoms with Crippen LogP contribution in [-0.2, 0) is 17.9 Å². The summed E-state index contributed by atoms with van der Waals surface area (Å²) < 4.78 is 7.81. The number of nitrogens with zero attached hydrogens (tertiary/aromatic N) is 5. The van der Waals surface area contributed by atoms with E-state index in [0.29, 0.717) is 5.92 Å². The van der Waals surface area contributed by atoms with Gasteiger partial charge in [0.25, 0.3) is 5.91 Å². The third-order valence-electron chi connectivity index (χ3n) is 4.95. The smallest absolute Gasteiger partial charge is 0.260 e. The van der Waals surface area contributed by atoms with Crippen LogP contribution in [0.2, 0.25) is 0 Å². The van der Waals surface area contributed by atoms with Crippen molar-refractivity contribution in [1.29, 1.82) is 0 Å². The molecule has 1 fully saturated rings. The summed E-state index contributed by atoms with van der Waals surface area (Å²) in [6.45, 7) is 5.35. The molecule has 0 atom stereocenters. The molecule has 1 aromatic carbocycles. The molecule has 3 rings (SSSR count). The van der Waals surface area contributed by atoms with Crippen molar-refractivity contribution >= 4 is 5.91 Å². The van der Waals surface area contributed by atoms with Gasteiger partial charge < -0.3 is 19.1 Å². The Bertz CT molecular complexity index is 736. The predicted octanol–water partition coefficient (Wildman–Crippen LogP) is 2.14. The van der Waals surface area contributed by atoms with Crippen LogP contribution in [0.1, 0.15) is 37.3 Å². The van der Waals surface area contributed by atoms with Crippen LogP contribution >= 0.6 is 0 Å². The van der Waals surface area contributed by atoms with E-state index in [-0.39, 0.29) is 12.5 Å². The van der Waals surface area contributed by atoms with Gasteiger partial charge >= 0.3 is 0 Å². The zero-order valence-corrected chi connectivity index (χ0v) is 16.5. The van der Waals surface area contributed by atoms with E-state index < -0.39 is 0 Å². The molecule has 1 aromatic heterocycles. The van der Waals surface area contributed by atoms with Crippen LogP contribution in [0, 0.1) is 0 Å². The van der Waals surface area contributed by atoms with Crippen molar-refractivity contribution in [2.75, 3.05) is 33.8 Å². The molecule has 0 N–H and O–H groups in total. The van der Waals surface area contributed by atoms with Gasteiger partial charge in [-0.3, -0.25) is 4.79 Å². The number of hydrogen-bond donors (Lipinski definition) is 0. The van der Waals surface area contributed by atoms with Crippen LogP contribution in [0.3, 0.4) is 0 Å². The number of carbonyl (C=O) groups is 1. The topological polar surface area (TPSA) is 63.5 Å². The molecule has 1 aliphatic rings. The first-order valence-corrected chi connectivity index (χ1v) is 9.60. The number of para-hydroxylation sites is 1. The summed E-state index contributed by atoms with van der Waals surface area (Å²) in [7, 11) is 4.08. The second kappa shape index (κ2) is 8.99. The van der Waals surface area contributed by atoms with Crippen LogP contribution < -0.4 is 4.74 Å². The molecule has 1 aliphatic heterocycles. The lowest BCUT2D eigenvalue weighted by atomic mass is 9.96. The highest BCUT2D eigenvalue weighted by molar-refractivity contribution is 5.77. The molecule has 2 aromatic rings. The Morgan fingerprint density at radius 3 is 2.52 bits per heavy atom. The molecule has 0 aliphatic carbocycles. The largest absolute Gasteiger partial charge is 0.484 e. The minimum atomic E-state index is 0.0440. The summed E-state index contributed by atoms with van der Waals surface area (Å²) >= 11 is 0. The van der Waals surface area contributed by atoms with E-state index in [1.165, 1.54) is 0 Å². The zero-order valence-electron chi connectivity index (χ0n) is 16.5. The molecule has 0 spiro atoms. The first kappa shape index (κ1) is 19.4. The Balaban J connectivity index is 1.54. The van der Waals surface area contributed by atoms with Crippen LogP contribution in [0.5, 0.6) is 5.75 Å². The average Bonchev–Trinajstić information content (AvgIpc) is 3.08. The Morgan fingerprint density at radius 2 is 1.89 bits per heavy atom. The number of carbonyl (C=O) groups excluding carboxylic acids is 1. The van der Waals surface area contributed by atoms with Gasteiger partial charge in [0, 0.05) is 25.6 Å². The summed E-state index contributed by atoms with van der Waals surface area (Å²) in [6, 6.07) is 9.46. The molecule has 7 nitrogen and oxygen atoms in total. The lowest BCUT2D eigenvalue weighted by Gasteiger charge is -2.31. The van der Waals surface area contributed by atoms with Crippen molar-refractivity contribution in [2.24, 2.45) is 0 Å². The summed E-state index contributed by atoms with van der Waals surface area (Å²) in [6.07, 6.45) is 1.83. The van der Waals surface area contributed by atoms with Crippen molar-refractivity contribution in [2.45, 2.75) is 38.8 Å². The number of likely N-dealkylation sites (tertiary alicyclic amines) is 1. The molecule has 0 radical (unpaired) electrons. The van der Waals surface area contributed by atoms with Gasteiger partial charge in [0.2, 0.25) is 0 Å². The summed E-state index contributed by atoms with van der Waals surface area (Å²) in [5.74, 6) is 3.19. The van der Waals surface area contributed by atoms with Gasteiger partial charge in [-0.15, -0.1) is 10.2 Å². The predicted molar refractivity (Wildman–Crippen MR) is 104 cm³/mol. The first-order valence-electron chi connectivity index (χ1n) is 9.60. The monoisotopic (exact) mass is 371 g/mol. The van der Waals surface area contributed by atoms with E-state index in [1.54, 1.807) is 0 Å².